The number of pyridine rings is 1. The Morgan fingerprint density at radius 1 is 1.39 bits per heavy atom. The number of nitrogens with zero attached hydrogens (tertiary/aromatic N) is 2. The number of aromatic hydroxyl groups is 1. The molecule has 0 spiro atoms. The molecule has 0 bridgehead atoms. The third-order valence-electron chi connectivity index (χ3n) is 2.69. The van der Waals surface area contributed by atoms with Gasteiger partial charge < -0.3 is 5.11 Å². The van der Waals surface area contributed by atoms with Crippen LogP contribution in [0.2, 0.25) is 0 Å². The molecule has 1 N–H and O–H groups in total. The number of aromatic nitrogens is 1. The van der Waals surface area contributed by atoms with E-state index >= 15 is 0 Å². The number of hydrogen-bond acceptors (Lipinski definition) is 4. The van der Waals surface area contributed by atoms with Crippen LogP contribution in [0.4, 0.5) is 5.69 Å². The van der Waals surface area contributed by atoms with Crippen LogP contribution < -0.4 is 0 Å². The van der Waals surface area contributed by atoms with Gasteiger partial charge in [0.1, 0.15) is 0 Å². The second-order valence-corrected chi connectivity index (χ2v) is 3.82. The molecule has 92 valence electrons. The van der Waals surface area contributed by atoms with Gasteiger partial charge in [-0.1, -0.05) is 13.0 Å². The molecule has 1 aromatic carbocycles. The van der Waals surface area contributed by atoms with Gasteiger partial charge in [0.15, 0.2) is 5.75 Å². The van der Waals surface area contributed by atoms with Crippen LogP contribution >= 0.6 is 0 Å². The van der Waals surface area contributed by atoms with E-state index in [1.165, 1.54) is 6.07 Å². The molecule has 1 aromatic heterocycles. The van der Waals surface area contributed by atoms with Gasteiger partial charge in [0.25, 0.3) is 0 Å². The van der Waals surface area contributed by atoms with E-state index in [4.69, 9.17) is 0 Å². The summed E-state index contributed by atoms with van der Waals surface area (Å²) in [6.45, 7) is 1.96. The highest BCUT2D eigenvalue weighted by molar-refractivity contribution is 5.77. The number of nitro benzene ring substituents is 1. The van der Waals surface area contributed by atoms with E-state index in [1.807, 2.05) is 6.92 Å². The Labute approximate surface area is 104 Å². The normalized spacial score (nSPS) is 10.3. The van der Waals surface area contributed by atoms with Crippen molar-refractivity contribution in [3.63, 3.8) is 0 Å². The summed E-state index contributed by atoms with van der Waals surface area (Å²) >= 11 is 0. The first-order chi connectivity index (χ1) is 8.63. The fraction of sp³-hybridized carbons (Fsp3) is 0.154. The summed E-state index contributed by atoms with van der Waals surface area (Å²) in [5.41, 5.74) is 1.66. The van der Waals surface area contributed by atoms with Crippen LogP contribution in [0, 0.1) is 10.1 Å². The van der Waals surface area contributed by atoms with Gasteiger partial charge in [-0.05, 0) is 36.2 Å². The lowest BCUT2D eigenvalue weighted by molar-refractivity contribution is -0.385. The first kappa shape index (κ1) is 12.0. The summed E-state index contributed by atoms with van der Waals surface area (Å²) in [5.74, 6) is -0.327. The molecule has 0 fully saturated rings. The minimum absolute atomic E-state index is 0.272. The quantitative estimate of drug-likeness (QED) is 0.665. The van der Waals surface area contributed by atoms with Crippen molar-refractivity contribution < 1.29 is 10.0 Å². The lowest BCUT2D eigenvalue weighted by atomic mass is 10.0. The van der Waals surface area contributed by atoms with Gasteiger partial charge in [0.2, 0.25) is 0 Å². The van der Waals surface area contributed by atoms with Crippen LogP contribution in [0.15, 0.2) is 36.5 Å². The first-order valence-corrected chi connectivity index (χ1v) is 5.55. The molecule has 0 aliphatic carbocycles. The Morgan fingerprint density at radius 2 is 2.17 bits per heavy atom. The summed E-state index contributed by atoms with van der Waals surface area (Å²) in [6, 6.07) is 8.00. The van der Waals surface area contributed by atoms with Gasteiger partial charge in [-0.15, -0.1) is 0 Å². The number of hydrogen-bond donors (Lipinski definition) is 1. The summed E-state index contributed by atoms with van der Waals surface area (Å²) in [5, 5.41) is 20.6. The number of benzene rings is 1. The average molecular weight is 244 g/mol. The Kier molecular flexibility index (Phi) is 3.23. The van der Waals surface area contributed by atoms with Crippen molar-refractivity contribution in [2.75, 3.05) is 0 Å². The topological polar surface area (TPSA) is 76.3 Å². The predicted octanol–water partition coefficient (Wildman–Crippen LogP) is 2.92. The molecule has 2 rings (SSSR count). The second kappa shape index (κ2) is 4.83. The van der Waals surface area contributed by atoms with Crippen LogP contribution in [0.25, 0.3) is 11.1 Å². The third-order valence-corrected chi connectivity index (χ3v) is 2.69. The largest absolute Gasteiger partial charge is 0.502 e. The minimum atomic E-state index is -0.573. The Morgan fingerprint density at radius 3 is 2.83 bits per heavy atom. The van der Waals surface area contributed by atoms with Gasteiger partial charge in [-0.3, -0.25) is 15.1 Å². The van der Waals surface area contributed by atoms with Crippen molar-refractivity contribution in [2.24, 2.45) is 0 Å². The van der Waals surface area contributed by atoms with Gasteiger partial charge >= 0.3 is 5.69 Å². The highest BCUT2D eigenvalue weighted by atomic mass is 16.6. The number of phenols is 1. The van der Waals surface area contributed by atoms with Crippen LogP contribution in [0.5, 0.6) is 5.75 Å². The average Bonchev–Trinajstić information content (AvgIpc) is 2.38. The number of phenolic OH excluding ortho intramolecular Hbond substituents is 1. The van der Waals surface area contributed by atoms with Crippen LogP contribution in [-0.4, -0.2) is 15.0 Å². The van der Waals surface area contributed by atoms with Gasteiger partial charge in [-0.25, -0.2) is 0 Å². The molecule has 0 saturated heterocycles. The molecule has 2 aromatic rings. The fourth-order valence-corrected chi connectivity index (χ4v) is 1.80. The molecule has 0 aliphatic rings. The molecular weight excluding hydrogens is 232 g/mol. The van der Waals surface area contributed by atoms with Crippen LogP contribution in [-0.2, 0) is 6.42 Å². The maximum absolute atomic E-state index is 11.0. The molecular formula is C13H12N2O3. The van der Waals surface area contributed by atoms with Crippen molar-refractivity contribution in [1.29, 1.82) is 0 Å². The van der Waals surface area contributed by atoms with Gasteiger partial charge in [0, 0.05) is 11.9 Å². The fourth-order valence-electron chi connectivity index (χ4n) is 1.80. The van der Waals surface area contributed by atoms with Gasteiger partial charge in [-0.2, -0.15) is 0 Å². The van der Waals surface area contributed by atoms with E-state index in [9.17, 15) is 15.2 Å². The number of aryl methyl sites for hydroxylation is 1. The van der Waals surface area contributed by atoms with Crippen molar-refractivity contribution in [2.45, 2.75) is 13.3 Å². The lowest BCUT2D eigenvalue weighted by Gasteiger charge is -2.05. The Bertz CT molecular complexity index is 597. The molecule has 0 saturated carbocycles. The SMILES string of the molecule is CCc1cc(-c2cccc(O)c2[N+](=O)[O-])ccn1. The summed E-state index contributed by atoms with van der Waals surface area (Å²) in [6.07, 6.45) is 2.36. The molecule has 5 heteroatoms. The van der Waals surface area contributed by atoms with Crippen molar-refractivity contribution in [3.8, 4) is 16.9 Å². The zero-order chi connectivity index (χ0) is 13.1. The Balaban J connectivity index is 2.63. The first-order valence-electron chi connectivity index (χ1n) is 5.55. The molecule has 1 heterocycles. The van der Waals surface area contributed by atoms with Crippen LogP contribution in [0.3, 0.4) is 0 Å². The minimum Gasteiger partial charge on any atom is -0.502 e. The monoisotopic (exact) mass is 244 g/mol. The van der Waals surface area contributed by atoms with Crippen molar-refractivity contribution in [3.05, 3.63) is 52.3 Å². The standard InChI is InChI=1S/C13H12N2O3/c1-2-10-8-9(6-7-14-10)11-4-3-5-12(16)13(11)15(17)18/h3-8,16H,2H2,1H3. The summed E-state index contributed by atoms with van der Waals surface area (Å²) in [4.78, 5) is 14.6. The maximum atomic E-state index is 11.0. The molecule has 18 heavy (non-hydrogen) atoms. The van der Waals surface area contributed by atoms with Crippen molar-refractivity contribution >= 4 is 5.69 Å². The number of rotatable bonds is 3. The highest BCUT2D eigenvalue weighted by Crippen LogP contribution is 2.36. The molecule has 0 amide bonds. The van der Waals surface area contributed by atoms with E-state index in [1.54, 1.807) is 30.5 Å². The van der Waals surface area contributed by atoms with Crippen molar-refractivity contribution in [1.82, 2.24) is 4.98 Å². The van der Waals surface area contributed by atoms with Gasteiger partial charge in [0.05, 0.1) is 10.5 Å². The summed E-state index contributed by atoms with van der Waals surface area (Å²) < 4.78 is 0. The molecule has 0 unspecified atom stereocenters. The molecule has 0 radical (unpaired) electrons. The molecule has 0 aliphatic heterocycles. The van der Waals surface area contributed by atoms with Crippen LogP contribution in [0.1, 0.15) is 12.6 Å². The summed E-state index contributed by atoms with van der Waals surface area (Å²) in [7, 11) is 0. The third kappa shape index (κ3) is 2.15. The zero-order valence-electron chi connectivity index (χ0n) is 9.83. The number of para-hydroxylation sites is 1. The van der Waals surface area contributed by atoms with E-state index < -0.39 is 4.92 Å². The number of nitro groups is 1. The lowest BCUT2D eigenvalue weighted by Crippen LogP contribution is -1.94. The highest BCUT2D eigenvalue weighted by Gasteiger charge is 2.20. The van der Waals surface area contributed by atoms with E-state index in [2.05, 4.69) is 4.98 Å². The smallest absolute Gasteiger partial charge is 0.318 e. The van der Waals surface area contributed by atoms with E-state index in [0.29, 0.717) is 11.1 Å². The molecule has 5 nitrogen and oxygen atoms in total. The maximum Gasteiger partial charge on any atom is 0.318 e. The Hall–Kier alpha value is -2.43. The van der Waals surface area contributed by atoms with E-state index in [0.717, 1.165) is 12.1 Å². The molecule has 0 atom stereocenters. The van der Waals surface area contributed by atoms with E-state index in [-0.39, 0.29) is 11.4 Å². The zero-order valence-corrected chi connectivity index (χ0v) is 9.83. The predicted molar refractivity (Wildman–Crippen MR) is 67.4 cm³/mol. The second-order valence-electron chi connectivity index (χ2n) is 3.82.